The molecule has 2 aromatic carbocycles. The smallest absolute Gasteiger partial charge is 0.297 e. The summed E-state index contributed by atoms with van der Waals surface area (Å²) in [5, 5.41) is 0. The van der Waals surface area contributed by atoms with Gasteiger partial charge in [-0.2, -0.15) is 16.8 Å². The first kappa shape index (κ1) is 34.4. The monoisotopic (exact) mass is 598 g/mol. The van der Waals surface area contributed by atoms with Gasteiger partial charge in [-0.3, -0.25) is 8.37 Å². The normalized spacial score (nSPS) is 13.0. The standard InChI is InChI=1S/C30H46O8S2/c1-4-5-6-7-8-9-10-11-12-28(36-22-24-38-40(33,34)30-19-15-27(3)16-20-30)25-35-21-23-37-39(31,32)29-17-13-26(2)14-18-29/h13-20,28H,4-12,21-25H2,1-3H3. The highest BCUT2D eigenvalue weighted by molar-refractivity contribution is 7.87. The molecule has 2 aromatic rings. The molecule has 40 heavy (non-hydrogen) atoms. The van der Waals surface area contributed by atoms with Crippen LogP contribution >= 0.6 is 0 Å². The predicted molar refractivity (Wildman–Crippen MR) is 156 cm³/mol. The third-order valence-electron chi connectivity index (χ3n) is 6.44. The Balaban J connectivity index is 1.76. The third-order valence-corrected chi connectivity index (χ3v) is 9.10. The summed E-state index contributed by atoms with van der Waals surface area (Å²) >= 11 is 0. The van der Waals surface area contributed by atoms with Crippen LogP contribution in [0.3, 0.4) is 0 Å². The predicted octanol–water partition coefficient (Wildman–Crippen LogP) is 6.35. The minimum atomic E-state index is -3.86. The molecule has 0 aliphatic carbocycles. The molecule has 2 rings (SSSR count). The molecule has 0 fully saturated rings. The fourth-order valence-electron chi connectivity index (χ4n) is 4.04. The van der Waals surface area contributed by atoms with E-state index in [9.17, 15) is 16.8 Å². The van der Waals surface area contributed by atoms with Crippen molar-refractivity contribution < 1.29 is 34.7 Å². The van der Waals surface area contributed by atoms with Gasteiger partial charge in [0.25, 0.3) is 20.2 Å². The van der Waals surface area contributed by atoms with Crippen molar-refractivity contribution in [1.29, 1.82) is 0 Å². The highest BCUT2D eigenvalue weighted by Crippen LogP contribution is 2.16. The van der Waals surface area contributed by atoms with Gasteiger partial charge in [0.2, 0.25) is 0 Å². The molecule has 0 saturated carbocycles. The lowest BCUT2D eigenvalue weighted by atomic mass is 10.1. The summed E-state index contributed by atoms with van der Waals surface area (Å²) in [5.41, 5.74) is 1.92. The fraction of sp³-hybridized carbons (Fsp3) is 0.600. The number of aryl methyl sites for hydroxylation is 2. The number of rotatable bonds is 22. The van der Waals surface area contributed by atoms with Gasteiger partial charge in [-0.25, -0.2) is 0 Å². The Morgan fingerprint density at radius 2 is 1.05 bits per heavy atom. The first-order valence-corrected chi connectivity index (χ1v) is 17.1. The number of benzene rings is 2. The number of hydrogen-bond donors (Lipinski definition) is 0. The lowest BCUT2D eigenvalue weighted by molar-refractivity contribution is -0.0334. The van der Waals surface area contributed by atoms with Crippen molar-refractivity contribution in [3.8, 4) is 0 Å². The van der Waals surface area contributed by atoms with E-state index in [-0.39, 0.29) is 48.9 Å². The van der Waals surface area contributed by atoms with Gasteiger partial charge in [0, 0.05) is 0 Å². The maximum absolute atomic E-state index is 12.4. The SMILES string of the molecule is CCCCCCCCCCC(COCCOS(=O)(=O)c1ccc(C)cc1)OCCOS(=O)(=O)c1ccc(C)cc1. The molecule has 0 aliphatic heterocycles. The summed E-state index contributed by atoms with van der Waals surface area (Å²) in [6.07, 6.45) is 9.98. The third kappa shape index (κ3) is 13.7. The van der Waals surface area contributed by atoms with E-state index in [1.807, 2.05) is 13.8 Å². The minimum absolute atomic E-state index is 0.0840. The summed E-state index contributed by atoms with van der Waals surface area (Å²) in [6, 6.07) is 12.9. The molecule has 0 saturated heterocycles. The Morgan fingerprint density at radius 3 is 1.55 bits per heavy atom. The van der Waals surface area contributed by atoms with Crippen LogP contribution in [0.15, 0.2) is 58.3 Å². The van der Waals surface area contributed by atoms with E-state index in [4.69, 9.17) is 17.8 Å². The first-order valence-electron chi connectivity index (χ1n) is 14.3. The summed E-state index contributed by atoms with van der Waals surface area (Å²) in [6.45, 7) is 6.17. The largest absolute Gasteiger partial charge is 0.376 e. The van der Waals surface area contributed by atoms with Gasteiger partial charge >= 0.3 is 0 Å². The van der Waals surface area contributed by atoms with Crippen LogP contribution in [0.25, 0.3) is 0 Å². The highest BCUT2D eigenvalue weighted by Gasteiger charge is 2.17. The van der Waals surface area contributed by atoms with Crippen LogP contribution in [0, 0.1) is 13.8 Å². The van der Waals surface area contributed by atoms with Crippen molar-refractivity contribution in [2.24, 2.45) is 0 Å². The molecule has 0 aliphatic rings. The Labute approximate surface area is 241 Å². The van der Waals surface area contributed by atoms with Crippen molar-refractivity contribution >= 4 is 20.2 Å². The maximum atomic E-state index is 12.4. The molecule has 1 atom stereocenters. The number of hydrogen-bond acceptors (Lipinski definition) is 8. The van der Waals surface area contributed by atoms with Crippen molar-refractivity contribution in [2.75, 3.05) is 33.0 Å². The summed E-state index contributed by atoms with van der Waals surface area (Å²) in [7, 11) is -7.71. The molecular weight excluding hydrogens is 552 g/mol. The zero-order valence-corrected chi connectivity index (χ0v) is 25.8. The van der Waals surface area contributed by atoms with Gasteiger partial charge < -0.3 is 9.47 Å². The van der Waals surface area contributed by atoms with Gasteiger partial charge in [-0.15, -0.1) is 0 Å². The van der Waals surface area contributed by atoms with Crippen LogP contribution in [0.5, 0.6) is 0 Å². The highest BCUT2D eigenvalue weighted by atomic mass is 32.2. The lowest BCUT2D eigenvalue weighted by Crippen LogP contribution is -2.24. The quantitative estimate of drug-likeness (QED) is 0.114. The molecule has 0 N–H and O–H groups in total. The topological polar surface area (TPSA) is 105 Å². The molecule has 8 nitrogen and oxygen atoms in total. The summed E-state index contributed by atoms with van der Waals surface area (Å²) < 4.78 is 71.3. The van der Waals surface area contributed by atoms with Gasteiger partial charge in [0.05, 0.1) is 48.9 Å². The molecule has 0 bridgehead atoms. The second-order valence-corrected chi connectivity index (χ2v) is 13.2. The van der Waals surface area contributed by atoms with Gasteiger partial charge in [0.1, 0.15) is 0 Å². The van der Waals surface area contributed by atoms with Crippen molar-refractivity contribution in [3.63, 3.8) is 0 Å². The second kappa shape index (κ2) is 18.6. The Kier molecular flexibility index (Phi) is 16.0. The van der Waals surface area contributed by atoms with Crippen molar-refractivity contribution in [2.45, 2.75) is 94.5 Å². The van der Waals surface area contributed by atoms with Crippen LogP contribution < -0.4 is 0 Å². The molecule has 226 valence electrons. The molecule has 0 radical (unpaired) electrons. The molecule has 10 heteroatoms. The van der Waals surface area contributed by atoms with E-state index in [0.717, 1.165) is 30.4 Å². The first-order chi connectivity index (χ1) is 19.1. The maximum Gasteiger partial charge on any atom is 0.297 e. The molecule has 0 spiro atoms. The van der Waals surface area contributed by atoms with E-state index in [1.165, 1.54) is 62.8 Å². The Hall–Kier alpha value is -1.82. The van der Waals surface area contributed by atoms with Crippen LogP contribution in [-0.2, 0) is 38.1 Å². The van der Waals surface area contributed by atoms with Crippen LogP contribution in [-0.4, -0.2) is 56.0 Å². The molecule has 0 heterocycles. The van der Waals surface area contributed by atoms with E-state index in [1.54, 1.807) is 24.3 Å². The second-order valence-electron chi connectivity index (χ2n) is 10.0. The zero-order valence-electron chi connectivity index (χ0n) is 24.2. The number of ether oxygens (including phenoxy) is 2. The summed E-state index contributed by atoms with van der Waals surface area (Å²) in [4.78, 5) is 0.215. The van der Waals surface area contributed by atoms with E-state index >= 15 is 0 Å². The van der Waals surface area contributed by atoms with Gasteiger partial charge in [-0.1, -0.05) is 93.7 Å². The summed E-state index contributed by atoms with van der Waals surface area (Å²) in [5.74, 6) is 0. The van der Waals surface area contributed by atoms with Crippen LogP contribution in [0.2, 0.25) is 0 Å². The van der Waals surface area contributed by atoms with Gasteiger partial charge in [-0.05, 0) is 44.5 Å². The Morgan fingerprint density at radius 1 is 0.600 bits per heavy atom. The van der Waals surface area contributed by atoms with Crippen molar-refractivity contribution in [3.05, 3.63) is 59.7 Å². The average Bonchev–Trinajstić information content (AvgIpc) is 2.92. The van der Waals surface area contributed by atoms with Crippen LogP contribution in [0.1, 0.15) is 75.8 Å². The Bertz CT molecular complexity index is 1160. The van der Waals surface area contributed by atoms with E-state index in [2.05, 4.69) is 6.92 Å². The average molecular weight is 599 g/mol. The number of unbranched alkanes of at least 4 members (excludes halogenated alkanes) is 7. The van der Waals surface area contributed by atoms with E-state index in [0.29, 0.717) is 0 Å². The molecule has 0 aromatic heterocycles. The molecule has 1 unspecified atom stereocenters. The van der Waals surface area contributed by atoms with Crippen LogP contribution in [0.4, 0.5) is 0 Å². The molecule has 0 amide bonds. The lowest BCUT2D eigenvalue weighted by Gasteiger charge is -2.18. The van der Waals surface area contributed by atoms with Gasteiger partial charge in [0.15, 0.2) is 0 Å². The zero-order chi connectivity index (χ0) is 29.3. The van der Waals surface area contributed by atoms with Crippen molar-refractivity contribution in [1.82, 2.24) is 0 Å². The fourth-order valence-corrected chi connectivity index (χ4v) is 5.83. The minimum Gasteiger partial charge on any atom is -0.376 e. The molecular formula is C30H46O8S2. The van der Waals surface area contributed by atoms with E-state index < -0.39 is 20.2 Å².